The van der Waals surface area contributed by atoms with E-state index in [4.69, 9.17) is 29.4 Å². The van der Waals surface area contributed by atoms with E-state index in [0.717, 1.165) is 5.56 Å². The highest BCUT2D eigenvalue weighted by Crippen LogP contribution is 2.46. The minimum absolute atomic E-state index is 0.0758. The number of benzene rings is 2. The Balaban J connectivity index is 1.99. The summed E-state index contributed by atoms with van der Waals surface area (Å²) in [4.78, 5) is 14.0. The van der Waals surface area contributed by atoms with Crippen molar-refractivity contribution < 1.29 is 23.7 Å². The number of allylic oxidation sites excluding steroid dienone is 1. The van der Waals surface area contributed by atoms with E-state index < -0.39 is 5.92 Å². The Bertz CT molecular complexity index is 1450. The molecule has 0 spiro atoms. The lowest BCUT2D eigenvalue weighted by atomic mass is 9.83. The summed E-state index contributed by atoms with van der Waals surface area (Å²) in [6.07, 6.45) is 0. The third-order valence-corrected chi connectivity index (χ3v) is 6.26. The number of aryl methyl sites for hydroxylation is 1. The van der Waals surface area contributed by atoms with Crippen molar-refractivity contribution in [1.82, 2.24) is 4.57 Å². The van der Waals surface area contributed by atoms with Gasteiger partial charge >= 0.3 is 0 Å². The molecule has 0 fully saturated rings. The number of nitrogens with two attached hydrogens (primary N) is 1. The van der Waals surface area contributed by atoms with Crippen molar-refractivity contribution in [2.45, 2.75) is 19.4 Å². The second-order valence-electron chi connectivity index (χ2n) is 8.14. The molecule has 36 heavy (non-hydrogen) atoms. The topological polar surface area (TPSA) is 118 Å². The van der Waals surface area contributed by atoms with E-state index in [1.54, 1.807) is 29.9 Å². The Labute approximate surface area is 208 Å². The molecule has 1 aliphatic heterocycles. The first-order valence-electron chi connectivity index (χ1n) is 11.1. The standard InChI is InChI=1S/C27H27N3O6/c1-15-10-23-25(27(31)30(15)14-16-8-6-7-9-19(16)32-2)24(18(13-28)26(29)36-23)17-11-21(34-4)22(35-5)12-20(17)33-3/h6-12,24H,14,29H2,1-5H3/t24-/m0/s1. The van der Waals surface area contributed by atoms with Crippen molar-refractivity contribution in [3.05, 3.63) is 86.7 Å². The minimum Gasteiger partial charge on any atom is -0.496 e. The number of hydrogen-bond acceptors (Lipinski definition) is 8. The number of ether oxygens (including phenoxy) is 5. The summed E-state index contributed by atoms with van der Waals surface area (Å²) >= 11 is 0. The van der Waals surface area contributed by atoms with Crippen LogP contribution in [-0.4, -0.2) is 33.0 Å². The second-order valence-corrected chi connectivity index (χ2v) is 8.14. The zero-order chi connectivity index (χ0) is 26.0. The molecule has 2 aromatic carbocycles. The number of fused-ring (bicyclic) bond motifs is 1. The van der Waals surface area contributed by atoms with Gasteiger partial charge in [-0.15, -0.1) is 0 Å². The van der Waals surface area contributed by atoms with Crippen molar-refractivity contribution >= 4 is 0 Å². The van der Waals surface area contributed by atoms with Crippen LogP contribution in [0.5, 0.6) is 28.7 Å². The van der Waals surface area contributed by atoms with E-state index in [1.165, 1.54) is 21.3 Å². The van der Waals surface area contributed by atoms with Crippen LogP contribution in [-0.2, 0) is 6.54 Å². The van der Waals surface area contributed by atoms with Crippen LogP contribution in [0.15, 0.2) is 58.7 Å². The SMILES string of the molecule is COc1ccccc1Cn1c(C)cc2c(c1=O)[C@@H](c1cc(OC)c(OC)cc1OC)C(C#N)=C(N)O2. The van der Waals surface area contributed by atoms with Gasteiger partial charge in [0.05, 0.1) is 46.5 Å². The maximum atomic E-state index is 14.0. The summed E-state index contributed by atoms with van der Waals surface area (Å²) in [5.74, 6) is 1.28. The quantitative estimate of drug-likeness (QED) is 0.536. The van der Waals surface area contributed by atoms with Crippen LogP contribution in [0.2, 0.25) is 0 Å². The Morgan fingerprint density at radius 2 is 1.61 bits per heavy atom. The third kappa shape index (κ3) is 4.07. The second kappa shape index (κ2) is 9.96. The average Bonchev–Trinajstić information content (AvgIpc) is 2.89. The van der Waals surface area contributed by atoms with Gasteiger partial charge in [0, 0.05) is 29.0 Å². The van der Waals surface area contributed by atoms with Crippen molar-refractivity contribution in [3.8, 4) is 34.8 Å². The van der Waals surface area contributed by atoms with E-state index >= 15 is 0 Å². The molecule has 186 valence electrons. The van der Waals surface area contributed by atoms with Crippen molar-refractivity contribution in [1.29, 1.82) is 5.26 Å². The Morgan fingerprint density at radius 1 is 0.972 bits per heavy atom. The molecule has 0 aliphatic carbocycles. The lowest BCUT2D eigenvalue weighted by molar-refractivity contribution is 0.346. The zero-order valence-electron chi connectivity index (χ0n) is 20.7. The highest BCUT2D eigenvalue weighted by atomic mass is 16.5. The van der Waals surface area contributed by atoms with Gasteiger partial charge < -0.3 is 34.0 Å². The van der Waals surface area contributed by atoms with Gasteiger partial charge in [-0.2, -0.15) is 5.26 Å². The van der Waals surface area contributed by atoms with Gasteiger partial charge in [-0.1, -0.05) is 18.2 Å². The van der Waals surface area contributed by atoms with E-state index in [2.05, 4.69) is 6.07 Å². The molecule has 2 N–H and O–H groups in total. The molecule has 0 saturated heterocycles. The fourth-order valence-corrected chi connectivity index (χ4v) is 4.48. The number of pyridine rings is 1. The number of nitriles is 1. The fourth-order valence-electron chi connectivity index (χ4n) is 4.48. The monoisotopic (exact) mass is 489 g/mol. The Kier molecular flexibility index (Phi) is 6.79. The van der Waals surface area contributed by atoms with Gasteiger partial charge in [0.15, 0.2) is 11.5 Å². The van der Waals surface area contributed by atoms with Gasteiger partial charge in [-0.3, -0.25) is 4.79 Å². The number of rotatable bonds is 7. The Morgan fingerprint density at radius 3 is 2.25 bits per heavy atom. The van der Waals surface area contributed by atoms with Crippen LogP contribution in [0.25, 0.3) is 0 Å². The molecule has 1 aliphatic rings. The van der Waals surface area contributed by atoms with E-state index in [1.807, 2.05) is 31.2 Å². The van der Waals surface area contributed by atoms with E-state index in [0.29, 0.717) is 34.3 Å². The van der Waals surface area contributed by atoms with Gasteiger partial charge in [-0.25, -0.2) is 0 Å². The lowest BCUT2D eigenvalue weighted by Crippen LogP contribution is -2.33. The highest BCUT2D eigenvalue weighted by molar-refractivity contribution is 5.62. The lowest BCUT2D eigenvalue weighted by Gasteiger charge is -2.28. The van der Waals surface area contributed by atoms with Crippen molar-refractivity contribution in [3.63, 3.8) is 0 Å². The van der Waals surface area contributed by atoms with Crippen LogP contribution in [0.3, 0.4) is 0 Å². The number of methoxy groups -OCH3 is 4. The van der Waals surface area contributed by atoms with Crippen LogP contribution in [0, 0.1) is 18.3 Å². The molecule has 1 aromatic heterocycles. The average molecular weight is 490 g/mol. The smallest absolute Gasteiger partial charge is 0.259 e. The molecule has 9 heteroatoms. The first-order chi connectivity index (χ1) is 17.4. The van der Waals surface area contributed by atoms with E-state index in [-0.39, 0.29) is 34.9 Å². The summed E-state index contributed by atoms with van der Waals surface area (Å²) < 4.78 is 29.4. The Hall–Kier alpha value is -4.58. The molecule has 0 radical (unpaired) electrons. The van der Waals surface area contributed by atoms with Gasteiger partial charge in [-0.05, 0) is 19.1 Å². The van der Waals surface area contributed by atoms with E-state index in [9.17, 15) is 10.1 Å². The molecule has 3 aromatic rings. The maximum absolute atomic E-state index is 14.0. The molecule has 2 heterocycles. The molecule has 9 nitrogen and oxygen atoms in total. The fraction of sp³-hybridized carbons (Fsp3) is 0.259. The molecule has 0 saturated carbocycles. The minimum atomic E-state index is -0.856. The van der Waals surface area contributed by atoms with Gasteiger partial charge in [0.1, 0.15) is 28.9 Å². The number of hydrogen-bond donors (Lipinski definition) is 1. The summed E-state index contributed by atoms with van der Waals surface area (Å²) in [6, 6.07) is 14.7. The first-order valence-corrected chi connectivity index (χ1v) is 11.1. The number of aromatic nitrogens is 1. The molecule has 0 bridgehead atoms. The van der Waals surface area contributed by atoms with Crippen LogP contribution in [0.1, 0.15) is 28.3 Å². The largest absolute Gasteiger partial charge is 0.496 e. The molecular formula is C27H27N3O6. The van der Waals surface area contributed by atoms with Crippen molar-refractivity contribution in [2.75, 3.05) is 28.4 Å². The molecule has 0 unspecified atom stereocenters. The van der Waals surface area contributed by atoms with Gasteiger partial charge in [0.2, 0.25) is 5.88 Å². The molecule has 0 amide bonds. The van der Waals surface area contributed by atoms with Crippen LogP contribution >= 0.6 is 0 Å². The molecule has 1 atom stereocenters. The van der Waals surface area contributed by atoms with Crippen molar-refractivity contribution in [2.24, 2.45) is 5.73 Å². The summed E-state index contributed by atoms with van der Waals surface area (Å²) in [6.45, 7) is 2.07. The van der Waals surface area contributed by atoms with Crippen LogP contribution < -0.4 is 35.0 Å². The summed E-state index contributed by atoms with van der Waals surface area (Å²) in [7, 11) is 6.10. The van der Waals surface area contributed by atoms with Crippen LogP contribution in [0.4, 0.5) is 0 Å². The predicted molar refractivity (Wildman–Crippen MR) is 133 cm³/mol. The first kappa shape index (κ1) is 24.5. The number of para-hydroxylation sites is 1. The summed E-state index contributed by atoms with van der Waals surface area (Å²) in [5, 5.41) is 10.0. The summed E-state index contributed by atoms with van der Waals surface area (Å²) in [5.41, 5.74) is 8.22. The highest BCUT2D eigenvalue weighted by Gasteiger charge is 2.37. The molecule has 4 rings (SSSR count). The molecular weight excluding hydrogens is 462 g/mol. The number of nitrogens with zero attached hydrogens (tertiary/aromatic N) is 2. The maximum Gasteiger partial charge on any atom is 0.259 e. The zero-order valence-corrected chi connectivity index (χ0v) is 20.7. The predicted octanol–water partition coefficient (Wildman–Crippen LogP) is 3.46. The normalized spacial score (nSPS) is 14.4. The van der Waals surface area contributed by atoms with Gasteiger partial charge in [0.25, 0.3) is 5.56 Å². The third-order valence-electron chi connectivity index (χ3n) is 6.26.